The summed E-state index contributed by atoms with van der Waals surface area (Å²) in [7, 11) is 3.41. The standard InChI is InChI=1S/C13H20BrNO2/c1-9(8-16-3)7-15-13-10(2)5-11(14)6-12(13)17-4/h5-6,9,15H,7-8H2,1-4H3. The van der Waals surface area contributed by atoms with E-state index in [9.17, 15) is 0 Å². The number of benzene rings is 1. The second kappa shape index (κ2) is 6.87. The third-order valence-electron chi connectivity index (χ3n) is 2.56. The van der Waals surface area contributed by atoms with E-state index in [1.165, 1.54) is 5.56 Å². The minimum Gasteiger partial charge on any atom is -0.495 e. The molecule has 3 nitrogen and oxygen atoms in total. The molecule has 17 heavy (non-hydrogen) atoms. The number of aryl methyl sites for hydroxylation is 1. The first-order valence-corrected chi connectivity index (χ1v) is 6.44. The molecule has 0 fully saturated rings. The summed E-state index contributed by atoms with van der Waals surface area (Å²) in [5.74, 6) is 1.33. The molecule has 1 aromatic carbocycles. The molecule has 0 heterocycles. The summed E-state index contributed by atoms with van der Waals surface area (Å²) in [6.45, 7) is 5.84. The van der Waals surface area contributed by atoms with Crippen molar-refractivity contribution in [2.45, 2.75) is 13.8 Å². The van der Waals surface area contributed by atoms with E-state index in [0.717, 1.165) is 29.1 Å². The average molecular weight is 302 g/mol. The summed E-state index contributed by atoms with van der Waals surface area (Å²) >= 11 is 3.47. The van der Waals surface area contributed by atoms with Crippen molar-refractivity contribution in [3.05, 3.63) is 22.2 Å². The Hall–Kier alpha value is -0.740. The van der Waals surface area contributed by atoms with Crippen LogP contribution in [0.5, 0.6) is 5.75 Å². The van der Waals surface area contributed by atoms with Crippen LogP contribution in [0.1, 0.15) is 12.5 Å². The van der Waals surface area contributed by atoms with Crippen LogP contribution in [-0.4, -0.2) is 27.4 Å². The molecular weight excluding hydrogens is 282 g/mol. The minimum absolute atomic E-state index is 0.466. The lowest BCUT2D eigenvalue weighted by Crippen LogP contribution is -2.16. The van der Waals surface area contributed by atoms with Crippen molar-refractivity contribution in [2.75, 3.05) is 32.7 Å². The van der Waals surface area contributed by atoms with Crippen molar-refractivity contribution in [1.29, 1.82) is 0 Å². The van der Waals surface area contributed by atoms with Crippen molar-refractivity contribution >= 4 is 21.6 Å². The summed E-state index contributed by atoms with van der Waals surface area (Å²) < 4.78 is 11.5. The molecule has 96 valence electrons. The Morgan fingerprint density at radius 2 is 2.06 bits per heavy atom. The van der Waals surface area contributed by atoms with E-state index in [2.05, 4.69) is 41.2 Å². The molecule has 1 unspecified atom stereocenters. The van der Waals surface area contributed by atoms with E-state index in [4.69, 9.17) is 9.47 Å². The average Bonchev–Trinajstić information content (AvgIpc) is 2.27. The minimum atomic E-state index is 0.466. The molecule has 0 aliphatic carbocycles. The highest BCUT2D eigenvalue weighted by Crippen LogP contribution is 2.32. The van der Waals surface area contributed by atoms with Gasteiger partial charge in [0.1, 0.15) is 5.75 Å². The Bertz CT molecular complexity index is 369. The zero-order valence-corrected chi connectivity index (χ0v) is 12.4. The fraction of sp³-hybridized carbons (Fsp3) is 0.538. The summed E-state index contributed by atoms with van der Waals surface area (Å²) in [4.78, 5) is 0. The molecule has 1 rings (SSSR count). The van der Waals surface area contributed by atoms with Gasteiger partial charge in [-0.3, -0.25) is 0 Å². The predicted molar refractivity (Wildman–Crippen MR) is 75.0 cm³/mol. The highest BCUT2D eigenvalue weighted by atomic mass is 79.9. The molecule has 1 N–H and O–H groups in total. The van der Waals surface area contributed by atoms with Gasteiger partial charge in [0.05, 0.1) is 19.4 Å². The molecule has 1 atom stereocenters. The number of methoxy groups -OCH3 is 2. The van der Waals surface area contributed by atoms with Crippen LogP contribution in [0.15, 0.2) is 16.6 Å². The van der Waals surface area contributed by atoms with Gasteiger partial charge in [0, 0.05) is 18.1 Å². The van der Waals surface area contributed by atoms with E-state index >= 15 is 0 Å². The van der Waals surface area contributed by atoms with Gasteiger partial charge in [-0.25, -0.2) is 0 Å². The SMILES string of the molecule is COCC(C)CNc1c(C)cc(Br)cc1OC. The van der Waals surface area contributed by atoms with Gasteiger partial charge in [-0.2, -0.15) is 0 Å². The van der Waals surface area contributed by atoms with Crippen LogP contribution in [0.2, 0.25) is 0 Å². The van der Waals surface area contributed by atoms with Crippen LogP contribution in [-0.2, 0) is 4.74 Å². The first-order valence-electron chi connectivity index (χ1n) is 5.65. The zero-order valence-electron chi connectivity index (χ0n) is 10.8. The van der Waals surface area contributed by atoms with Crippen LogP contribution >= 0.6 is 15.9 Å². The molecule has 0 bridgehead atoms. The first kappa shape index (κ1) is 14.3. The van der Waals surface area contributed by atoms with Crippen LogP contribution in [0.3, 0.4) is 0 Å². The Labute approximate surface area is 112 Å². The second-order valence-electron chi connectivity index (χ2n) is 4.24. The maximum Gasteiger partial charge on any atom is 0.143 e. The first-order chi connectivity index (χ1) is 8.08. The number of ether oxygens (including phenoxy) is 2. The number of hydrogen-bond acceptors (Lipinski definition) is 3. The van der Waals surface area contributed by atoms with Gasteiger partial charge in [0.25, 0.3) is 0 Å². The maximum absolute atomic E-state index is 5.38. The quantitative estimate of drug-likeness (QED) is 0.873. The molecule has 0 radical (unpaired) electrons. The monoisotopic (exact) mass is 301 g/mol. The van der Waals surface area contributed by atoms with Crippen molar-refractivity contribution in [3.63, 3.8) is 0 Å². The van der Waals surface area contributed by atoms with Crippen LogP contribution in [0.25, 0.3) is 0 Å². The zero-order chi connectivity index (χ0) is 12.8. The van der Waals surface area contributed by atoms with Gasteiger partial charge in [0.15, 0.2) is 0 Å². The number of anilines is 1. The molecule has 4 heteroatoms. The normalized spacial score (nSPS) is 12.3. The molecular formula is C13H20BrNO2. The van der Waals surface area contributed by atoms with E-state index in [0.29, 0.717) is 5.92 Å². The number of hydrogen-bond donors (Lipinski definition) is 1. The smallest absolute Gasteiger partial charge is 0.143 e. The lowest BCUT2D eigenvalue weighted by Gasteiger charge is -2.17. The van der Waals surface area contributed by atoms with Crippen LogP contribution in [0, 0.1) is 12.8 Å². The predicted octanol–water partition coefficient (Wildman–Crippen LogP) is 3.46. The van der Waals surface area contributed by atoms with Crippen LogP contribution in [0.4, 0.5) is 5.69 Å². The second-order valence-corrected chi connectivity index (χ2v) is 5.16. The van der Waals surface area contributed by atoms with Gasteiger partial charge in [-0.15, -0.1) is 0 Å². The Morgan fingerprint density at radius 1 is 1.35 bits per heavy atom. The summed E-state index contributed by atoms with van der Waals surface area (Å²) in [6.07, 6.45) is 0. The molecule has 0 aliphatic heterocycles. The summed E-state index contributed by atoms with van der Waals surface area (Å²) in [5.41, 5.74) is 2.22. The third kappa shape index (κ3) is 4.21. The van der Waals surface area contributed by atoms with E-state index in [-0.39, 0.29) is 0 Å². The third-order valence-corrected chi connectivity index (χ3v) is 3.02. The van der Waals surface area contributed by atoms with Gasteiger partial charge >= 0.3 is 0 Å². The highest BCUT2D eigenvalue weighted by Gasteiger charge is 2.09. The van der Waals surface area contributed by atoms with Crippen molar-refractivity contribution < 1.29 is 9.47 Å². The molecule has 0 saturated heterocycles. The van der Waals surface area contributed by atoms with E-state index < -0.39 is 0 Å². The molecule has 1 aromatic rings. The number of nitrogens with one attached hydrogen (secondary N) is 1. The fourth-order valence-electron chi connectivity index (χ4n) is 1.72. The van der Waals surface area contributed by atoms with Gasteiger partial charge in [-0.1, -0.05) is 22.9 Å². The van der Waals surface area contributed by atoms with Gasteiger partial charge in [0.2, 0.25) is 0 Å². The summed E-state index contributed by atoms with van der Waals surface area (Å²) in [6, 6.07) is 4.04. The van der Waals surface area contributed by atoms with Crippen LogP contribution < -0.4 is 10.1 Å². The molecule has 0 aliphatic rings. The summed E-state index contributed by atoms with van der Waals surface area (Å²) in [5, 5.41) is 3.42. The van der Waals surface area contributed by atoms with Crippen molar-refractivity contribution in [2.24, 2.45) is 5.92 Å². The Balaban J connectivity index is 2.76. The Kier molecular flexibility index (Phi) is 5.78. The van der Waals surface area contributed by atoms with Gasteiger partial charge in [-0.05, 0) is 30.5 Å². The largest absolute Gasteiger partial charge is 0.495 e. The number of rotatable bonds is 6. The Morgan fingerprint density at radius 3 is 2.65 bits per heavy atom. The lowest BCUT2D eigenvalue weighted by molar-refractivity contribution is 0.164. The molecule has 0 spiro atoms. The molecule has 0 amide bonds. The fourth-order valence-corrected chi connectivity index (χ4v) is 2.27. The van der Waals surface area contributed by atoms with Crippen molar-refractivity contribution in [3.8, 4) is 5.75 Å². The maximum atomic E-state index is 5.38. The molecule has 0 saturated carbocycles. The van der Waals surface area contributed by atoms with Crippen molar-refractivity contribution in [1.82, 2.24) is 0 Å². The van der Waals surface area contributed by atoms with E-state index in [1.54, 1.807) is 14.2 Å². The van der Waals surface area contributed by atoms with E-state index in [1.807, 2.05) is 6.07 Å². The highest BCUT2D eigenvalue weighted by molar-refractivity contribution is 9.10. The van der Waals surface area contributed by atoms with Gasteiger partial charge < -0.3 is 14.8 Å². The molecule has 0 aromatic heterocycles. The lowest BCUT2D eigenvalue weighted by atomic mass is 10.1. The number of halogens is 1. The topological polar surface area (TPSA) is 30.5 Å².